The first kappa shape index (κ1) is 46.2. The molecule has 11 nitrogen and oxygen atoms in total. The van der Waals surface area contributed by atoms with Gasteiger partial charge in [-0.25, -0.2) is 8.42 Å². The van der Waals surface area contributed by atoms with E-state index >= 15 is 0 Å². The number of nitrogens with one attached hydrogen (secondary N) is 2. The van der Waals surface area contributed by atoms with Crippen molar-refractivity contribution < 1.29 is 87.9 Å². The summed E-state index contributed by atoms with van der Waals surface area (Å²) in [5.41, 5.74) is 0.440. The fourth-order valence-electron chi connectivity index (χ4n) is 4.40. The van der Waals surface area contributed by atoms with Gasteiger partial charge in [-0.2, -0.15) is 0 Å². The Labute approximate surface area is 335 Å². The van der Waals surface area contributed by atoms with E-state index in [4.69, 9.17) is 26.3 Å². The Morgan fingerprint density at radius 3 is 1.41 bits per heavy atom. The third kappa shape index (κ3) is 15.0. The number of carboxylic acids is 1. The monoisotopic (exact) mass is 824 g/mol. The first-order valence-electron chi connectivity index (χ1n) is 15.0. The molecular weight excluding hydrogens is 786 g/mol. The Balaban J connectivity index is 0.000000403. The van der Waals surface area contributed by atoms with Crippen molar-refractivity contribution in [1.29, 1.82) is 0 Å². The molecule has 15 heteroatoms. The van der Waals surface area contributed by atoms with Crippen molar-refractivity contribution in [3.8, 4) is 0 Å². The summed E-state index contributed by atoms with van der Waals surface area (Å²) in [4.78, 5) is 9.91. The van der Waals surface area contributed by atoms with Crippen molar-refractivity contribution in [1.82, 2.24) is 5.32 Å². The molecule has 5 rings (SSSR count). The van der Waals surface area contributed by atoms with Crippen LogP contribution in [0.25, 0.3) is 5.84 Å². The predicted molar refractivity (Wildman–Crippen MR) is 193 cm³/mol. The van der Waals surface area contributed by atoms with Gasteiger partial charge in [0.1, 0.15) is 26.0 Å². The van der Waals surface area contributed by atoms with Gasteiger partial charge in [0.05, 0.1) is 44.7 Å². The number of nitrogens with zero attached hydrogens (tertiary/aromatic N) is 1. The standard InChI is InChI=1S/C18H15O3PS.C12H11N2.C6H13NO5.Na.Tc/c19-23(20,21)18-13-7-12-17(14-18)22(15-8-3-1-4-9-15)16-10-5-2-6-11-16;13-14(11-7-3-1-4-8-11)12-9-5-2-6-10-12;8-2-6(3-9,4-10)7-1-5(11)12;;/h1-14H,(H,19,20,21);1-10,13H;7-10H,1-4H2,(H,11,12);;/q;-1;;+1;. The molecule has 0 bridgehead atoms. The van der Waals surface area contributed by atoms with E-state index in [0.29, 0.717) is 0 Å². The van der Waals surface area contributed by atoms with Crippen LogP contribution in [0.15, 0.2) is 150 Å². The summed E-state index contributed by atoms with van der Waals surface area (Å²) < 4.78 is 34.0. The van der Waals surface area contributed by atoms with Crippen LogP contribution in [0.1, 0.15) is 0 Å². The first-order chi connectivity index (χ1) is 23.5. The van der Waals surface area contributed by atoms with Crippen molar-refractivity contribution in [3.63, 3.8) is 0 Å². The molecule has 0 saturated carbocycles. The second-order valence-corrected chi connectivity index (χ2v) is 14.5. The minimum atomic E-state index is -4.46. The Bertz CT molecular complexity index is 1730. The molecule has 0 amide bonds. The fourth-order valence-corrected chi connectivity index (χ4v) is 7.64. The second-order valence-electron chi connectivity index (χ2n) is 10.6. The van der Waals surface area contributed by atoms with E-state index in [1.165, 1.54) is 17.1 Å². The predicted octanol–water partition coefficient (Wildman–Crippen LogP) is 0.251. The van der Waals surface area contributed by atoms with Crippen LogP contribution in [0, 0.1) is 0 Å². The van der Waals surface area contributed by atoms with Gasteiger partial charge in [0.15, 0.2) is 0 Å². The first-order valence-corrected chi connectivity index (χ1v) is 17.9. The van der Waals surface area contributed by atoms with Gasteiger partial charge in [-0.3, -0.25) is 10.1 Å². The van der Waals surface area contributed by atoms with E-state index in [-0.39, 0.29) is 54.6 Å². The molecule has 0 fully saturated rings. The molecule has 6 N–H and O–H groups in total. The molecule has 0 spiro atoms. The Hall–Kier alpha value is -2.84. The van der Waals surface area contributed by atoms with Crippen LogP contribution in [-0.2, 0) is 35.0 Å². The average molecular weight is 826 g/mol. The number of aliphatic hydroxyl groups is 3. The number of benzene rings is 5. The van der Waals surface area contributed by atoms with Gasteiger partial charge in [0.25, 0.3) is 0 Å². The Kier molecular flexibility index (Phi) is 21.4. The van der Waals surface area contributed by atoms with Gasteiger partial charge in [-0.05, 0) is 66.7 Å². The molecule has 265 valence electrons. The molecule has 5 aromatic rings. The molecule has 0 saturated heterocycles. The molecular formula is C36H39N3NaO8PSTc. The maximum absolute atomic E-state index is 11.3. The molecule has 5 aromatic carbocycles. The molecule has 0 atom stereocenters. The van der Waals surface area contributed by atoms with Crippen molar-refractivity contribution in [2.24, 2.45) is 0 Å². The number of para-hydroxylation sites is 2. The number of anilines is 2. The third-order valence-electron chi connectivity index (χ3n) is 7.09. The Morgan fingerprint density at radius 2 is 1.06 bits per heavy atom. The number of rotatable bonds is 12. The number of hydrogen-bond acceptors (Lipinski definition) is 9. The van der Waals surface area contributed by atoms with E-state index in [0.717, 1.165) is 27.3 Å². The Morgan fingerprint density at radius 1 is 0.686 bits per heavy atom. The molecule has 0 aliphatic carbocycles. The van der Waals surface area contributed by atoms with Gasteiger partial charge in [0.2, 0.25) is 0 Å². The summed E-state index contributed by atoms with van der Waals surface area (Å²) in [5.74, 6) is 6.77. The zero-order chi connectivity index (χ0) is 35.7. The number of carboxylic acid groups (broad SMARTS) is 1. The molecule has 0 aliphatic rings. The van der Waals surface area contributed by atoms with E-state index in [1.54, 1.807) is 6.07 Å². The molecule has 0 aromatic heterocycles. The van der Waals surface area contributed by atoms with Crippen LogP contribution in [0.3, 0.4) is 0 Å². The van der Waals surface area contributed by atoms with E-state index in [2.05, 4.69) is 5.32 Å². The molecule has 0 unspecified atom stereocenters. The second kappa shape index (κ2) is 23.7. The quantitative estimate of drug-likeness (QED) is 0.0504. The number of hydrogen-bond donors (Lipinski definition) is 5. The van der Waals surface area contributed by atoms with Gasteiger partial charge >= 0.3 is 35.5 Å². The maximum atomic E-state index is 11.3. The SMILES string of the molecule is O=C(O)CNC(CO)(CO)CO.O=S(=O)([O-])c1cccc([PH+](c2ccccc2)c2ccccc2)c1.[NH-]N(c1ccccc1)c1ccccc1.[Na+].[Tc]. The van der Waals surface area contributed by atoms with Crippen LogP contribution < -0.4 is 55.8 Å². The smallest absolute Gasteiger partial charge is 0.744 e. The number of carbonyl (C=O) groups is 1. The van der Waals surface area contributed by atoms with Crippen LogP contribution >= 0.6 is 7.92 Å². The van der Waals surface area contributed by atoms with Crippen LogP contribution in [-0.4, -0.2) is 71.3 Å². The maximum Gasteiger partial charge on any atom is 1.00 e. The van der Waals surface area contributed by atoms with Gasteiger partial charge < -0.3 is 35.8 Å². The van der Waals surface area contributed by atoms with Crippen LogP contribution in [0.2, 0.25) is 0 Å². The summed E-state index contributed by atoms with van der Waals surface area (Å²) in [7, 11) is -5.82. The summed E-state index contributed by atoms with van der Waals surface area (Å²) >= 11 is 0. The van der Waals surface area contributed by atoms with Crippen LogP contribution in [0.4, 0.5) is 11.4 Å². The average Bonchev–Trinajstić information content (AvgIpc) is 3.14. The van der Waals surface area contributed by atoms with Crippen molar-refractivity contribution in [3.05, 3.63) is 151 Å². The topological polar surface area (TPSA) is 194 Å². The normalized spacial score (nSPS) is 10.6. The summed E-state index contributed by atoms with van der Waals surface area (Å²) in [6.07, 6.45) is 0. The van der Waals surface area contributed by atoms with Crippen LogP contribution in [0.5, 0.6) is 0 Å². The van der Waals surface area contributed by atoms with Gasteiger partial charge in [0, 0.05) is 31.5 Å². The minimum absolute atomic E-state index is 0. The number of aliphatic hydroxyl groups excluding tert-OH is 3. The minimum Gasteiger partial charge on any atom is -0.744 e. The fraction of sp³-hybridized carbons (Fsp3) is 0.139. The van der Waals surface area contributed by atoms with Crippen molar-refractivity contribution in [2.75, 3.05) is 31.4 Å². The number of aliphatic carboxylic acids is 1. The third-order valence-corrected chi connectivity index (χ3v) is 10.6. The molecule has 1 radical (unpaired) electrons. The van der Waals surface area contributed by atoms with Crippen molar-refractivity contribution in [2.45, 2.75) is 10.4 Å². The van der Waals surface area contributed by atoms with E-state index < -0.39 is 55.9 Å². The zero-order valence-electron chi connectivity index (χ0n) is 27.8. The summed E-state index contributed by atoms with van der Waals surface area (Å²) in [5, 5.41) is 41.3. The molecule has 0 heterocycles. The largest absolute Gasteiger partial charge is 1.00 e. The van der Waals surface area contributed by atoms with E-state index in [1.807, 2.05) is 127 Å². The van der Waals surface area contributed by atoms with Gasteiger partial charge in [-0.1, -0.05) is 78.9 Å². The molecule has 0 aliphatic heterocycles. The summed E-state index contributed by atoms with van der Waals surface area (Å²) in [6, 6.07) is 45.6. The zero-order valence-corrected chi connectivity index (χ0v) is 33.5. The van der Waals surface area contributed by atoms with Gasteiger partial charge in [-0.15, -0.1) is 0 Å². The molecule has 51 heavy (non-hydrogen) atoms. The summed E-state index contributed by atoms with van der Waals surface area (Å²) in [6.45, 7) is -1.98. The van der Waals surface area contributed by atoms with E-state index in [9.17, 15) is 17.8 Å². The van der Waals surface area contributed by atoms with Crippen molar-refractivity contribution >= 4 is 51.3 Å².